The second kappa shape index (κ2) is 9.75. The quantitative estimate of drug-likeness (QED) is 0.650. The monoisotopic (exact) mass is 411 g/mol. The Bertz CT molecular complexity index is 758. The normalized spacial score (nSPS) is 30.9. The fraction of sp³-hybridized carbons (Fsp3) is 0.583. The van der Waals surface area contributed by atoms with Crippen molar-refractivity contribution in [1.29, 1.82) is 0 Å². The number of benzene rings is 1. The number of carbonyl (C=O) groups excluding carboxylic acids is 2. The van der Waals surface area contributed by atoms with E-state index in [2.05, 4.69) is 28.1 Å². The third kappa shape index (κ3) is 4.93. The number of carbonyl (C=O) groups is 2. The van der Waals surface area contributed by atoms with Crippen molar-refractivity contribution in [3.63, 3.8) is 0 Å². The van der Waals surface area contributed by atoms with Crippen molar-refractivity contribution < 1.29 is 14.3 Å². The summed E-state index contributed by atoms with van der Waals surface area (Å²) in [6, 6.07) is 9.49. The first-order chi connectivity index (χ1) is 14.7. The van der Waals surface area contributed by atoms with Crippen molar-refractivity contribution in [2.75, 3.05) is 26.3 Å². The zero-order valence-electron chi connectivity index (χ0n) is 17.6. The standard InChI is InChI=1S/C24H33N3O3/c28-22-21(16-18-6-2-1-3-7-18)27-23(29)24(11-14-30-15-12-24)10-5-4-8-19-17-25-13-9-20(19)26-22/h1-7,19-21,25H,8-17H2,(H,26,28)(H,27,29)/b5-4+/t19-,20+,21-/m1/s1. The van der Waals surface area contributed by atoms with Gasteiger partial charge < -0.3 is 20.7 Å². The first kappa shape index (κ1) is 21.1. The molecule has 30 heavy (non-hydrogen) atoms. The van der Waals surface area contributed by atoms with Gasteiger partial charge in [0.25, 0.3) is 0 Å². The molecule has 162 valence electrons. The van der Waals surface area contributed by atoms with E-state index in [0.717, 1.165) is 31.5 Å². The second-order valence-electron chi connectivity index (χ2n) is 8.89. The molecule has 0 bridgehead atoms. The van der Waals surface area contributed by atoms with E-state index in [1.165, 1.54) is 0 Å². The van der Waals surface area contributed by atoms with E-state index < -0.39 is 11.5 Å². The van der Waals surface area contributed by atoms with Crippen LogP contribution in [0.3, 0.4) is 0 Å². The molecule has 2 fully saturated rings. The molecule has 1 spiro atoms. The summed E-state index contributed by atoms with van der Waals surface area (Å²) in [7, 11) is 0. The number of fused-ring (bicyclic) bond motifs is 1. The molecule has 0 radical (unpaired) electrons. The van der Waals surface area contributed by atoms with Gasteiger partial charge in [0, 0.05) is 32.2 Å². The lowest BCUT2D eigenvalue weighted by Crippen LogP contribution is -2.57. The summed E-state index contributed by atoms with van der Waals surface area (Å²) in [5, 5.41) is 9.85. The lowest BCUT2D eigenvalue weighted by atomic mass is 9.75. The van der Waals surface area contributed by atoms with Gasteiger partial charge >= 0.3 is 0 Å². The van der Waals surface area contributed by atoms with Gasteiger partial charge in [0.15, 0.2) is 0 Å². The Morgan fingerprint density at radius 3 is 2.63 bits per heavy atom. The lowest BCUT2D eigenvalue weighted by molar-refractivity contribution is -0.140. The van der Waals surface area contributed by atoms with Crippen LogP contribution in [-0.2, 0) is 20.7 Å². The fourth-order valence-electron chi connectivity index (χ4n) is 4.88. The Labute approximate surface area is 178 Å². The maximum absolute atomic E-state index is 13.4. The second-order valence-corrected chi connectivity index (χ2v) is 8.89. The Kier molecular flexibility index (Phi) is 6.85. The summed E-state index contributed by atoms with van der Waals surface area (Å²) in [4.78, 5) is 26.8. The molecule has 6 nitrogen and oxygen atoms in total. The molecule has 1 aromatic rings. The molecule has 0 unspecified atom stereocenters. The minimum Gasteiger partial charge on any atom is -0.381 e. The zero-order chi connectivity index (χ0) is 20.8. The molecule has 3 aliphatic rings. The van der Waals surface area contributed by atoms with Crippen LogP contribution in [0.15, 0.2) is 42.5 Å². The molecule has 1 aromatic carbocycles. The van der Waals surface area contributed by atoms with Crippen LogP contribution < -0.4 is 16.0 Å². The molecule has 3 atom stereocenters. The number of hydrogen-bond acceptors (Lipinski definition) is 4. The lowest BCUT2D eigenvalue weighted by Gasteiger charge is -2.38. The van der Waals surface area contributed by atoms with Crippen molar-refractivity contribution in [2.45, 2.75) is 50.6 Å². The van der Waals surface area contributed by atoms with Crippen LogP contribution in [0.2, 0.25) is 0 Å². The summed E-state index contributed by atoms with van der Waals surface area (Å²) in [5.74, 6) is 0.280. The largest absolute Gasteiger partial charge is 0.381 e. The van der Waals surface area contributed by atoms with Crippen molar-refractivity contribution in [1.82, 2.24) is 16.0 Å². The summed E-state index contributed by atoms with van der Waals surface area (Å²) in [5.41, 5.74) is 0.556. The van der Waals surface area contributed by atoms with Gasteiger partial charge in [0.1, 0.15) is 6.04 Å². The maximum Gasteiger partial charge on any atom is 0.243 e. The van der Waals surface area contributed by atoms with Crippen molar-refractivity contribution in [2.24, 2.45) is 11.3 Å². The summed E-state index contributed by atoms with van der Waals surface area (Å²) in [6.07, 6.45) is 8.78. The van der Waals surface area contributed by atoms with E-state index in [1.807, 2.05) is 30.3 Å². The van der Waals surface area contributed by atoms with Gasteiger partial charge in [-0.3, -0.25) is 9.59 Å². The Morgan fingerprint density at radius 1 is 1.03 bits per heavy atom. The van der Waals surface area contributed by atoms with Gasteiger partial charge in [-0.1, -0.05) is 42.5 Å². The van der Waals surface area contributed by atoms with Gasteiger partial charge in [-0.2, -0.15) is 0 Å². The number of amides is 2. The predicted octanol–water partition coefficient (Wildman–Crippen LogP) is 1.95. The van der Waals surface area contributed by atoms with E-state index in [9.17, 15) is 9.59 Å². The number of rotatable bonds is 2. The third-order valence-corrected chi connectivity index (χ3v) is 6.89. The van der Waals surface area contributed by atoms with Crippen LogP contribution in [0.5, 0.6) is 0 Å². The number of piperidine rings is 1. The molecular weight excluding hydrogens is 378 g/mol. The highest BCUT2D eigenvalue weighted by Crippen LogP contribution is 2.35. The van der Waals surface area contributed by atoms with Crippen LogP contribution in [-0.4, -0.2) is 50.2 Å². The first-order valence-electron chi connectivity index (χ1n) is 11.2. The Hall–Kier alpha value is -2.18. The molecule has 0 aliphatic carbocycles. The molecule has 3 heterocycles. The first-order valence-corrected chi connectivity index (χ1v) is 11.2. The topological polar surface area (TPSA) is 79.5 Å². The molecule has 2 amide bonds. The molecule has 2 saturated heterocycles. The van der Waals surface area contributed by atoms with Crippen LogP contribution in [0, 0.1) is 11.3 Å². The number of ether oxygens (including phenoxy) is 1. The minimum atomic E-state index is -0.571. The number of nitrogens with one attached hydrogen (secondary N) is 3. The molecule has 0 aromatic heterocycles. The maximum atomic E-state index is 13.4. The van der Waals surface area contributed by atoms with Gasteiger partial charge in [-0.15, -0.1) is 0 Å². The summed E-state index contributed by atoms with van der Waals surface area (Å²) in [6.45, 7) is 2.99. The van der Waals surface area contributed by atoms with E-state index in [1.54, 1.807) is 0 Å². The fourth-order valence-corrected chi connectivity index (χ4v) is 4.88. The number of hydrogen-bond donors (Lipinski definition) is 3. The third-order valence-electron chi connectivity index (χ3n) is 6.89. The van der Waals surface area contributed by atoms with E-state index in [0.29, 0.717) is 44.8 Å². The SMILES string of the molecule is O=C1N[C@H]2CCNC[C@H]2C/C=C/CC2(CCOCC2)C(=O)N[C@@H]1Cc1ccccc1. The summed E-state index contributed by atoms with van der Waals surface area (Å²) >= 11 is 0. The smallest absolute Gasteiger partial charge is 0.243 e. The highest BCUT2D eigenvalue weighted by atomic mass is 16.5. The highest BCUT2D eigenvalue weighted by molar-refractivity contribution is 5.90. The molecule has 3 aliphatic heterocycles. The predicted molar refractivity (Wildman–Crippen MR) is 116 cm³/mol. The van der Waals surface area contributed by atoms with Crippen LogP contribution in [0.4, 0.5) is 0 Å². The van der Waals surface area contributed by atoms with Crippen molar-refractivity contribution >= 4 is 11.8 Å². The molecule has 6 heteroatoms. The Balaban J connectivity index is 1.61. The van der Waals surface area contributed by atoms with Crippen LogP contribution in [0.25, 0.3) is 0 Å². The molecule has 3 N–H and O–H groups in total. The van der Waals surface area contributed by atoms with E-state index in [-0.39, 0.29) is 17.9 Å². The Morgan fingerprint density at radius 2 is 1.83 bits per heavy atom. The molecule has 4 rings (SSSR count). The van der Waals surface area contributed by atoms with Gasteiger partial charge in [0.2, 0.25) is 11.8 Å². The van der Waals surface area contributed by atoms with E-state index in [4.69, 9.17) is 4.74 Å². The van der Waals surface area contributed by atoms with E-state index >= 15 is 0 Å². The van der Waals surface area contributed by atoms with Crippen molar-refractivity contribution in [3.05, 3.63) is 48.0 Å². The molecular formula is C24H33N3O3. The summed E-state index contributed by atoms with van der Waals surface area (Å²) < 4.78 is 5.54. The average molecular weight is 412 g/mol. The van der Waals surface area contributed by atoms with Gasteiger partial charge in [-0.05, 0) is 50.1 Å². The minimum absolute atomic E-state index is 0.0195. The highest BCUT2D eigenvalue weighted by Gasteiger charge is 2.41. The van der Waals surface area contributed by atoms with Crippen LogP contribution in [0.1, 0.15) is 37.7 Å². The number of allylic oxidation sites excluding steroid dienone is 2. The average Bonchev–Trinajstić information content (AvgIpc) is 2.78. The van der Waals surface area contributed by atoms with Gasteiger partial charge in [0.05, 0.1) is 5.41 Å². The molecule has 0 saturated carbocycles. The zero-order valence-corrected chi connectivity index (χ0v) is 17.6. The van der Waals surface area contributed by atoms with Crippen molar-refractivity contribution in [3.8, 4) is 0 Å². The van der Waals surface area contributed by atoms with Crippen LogP contribution >= 0.6 is 0 Å². The van der Waals surface area contributed by atoms with Gasteiger partial charge in [-0.25, -0.2) is 0 Å².